The highest BCUT2D eigenvalue weighted by Crippen LogP contribution is 2.13. The van der Waals surface area contributed by atoms with Crippen LogP contribution in [0.4, 0.5) is 0 Å². The standard InChI is InChI=1S/C22H34N2.BrH/c1-23(2,19-21-13-7-5-8-14-21)17-11-12-18-24(3,4)20-22-15-9-6-10-16-22;/h5-10,13-16H,11-12,17-20H2,1-4H3;1H/q+2;/p-1. The molecule has 0 heterocycles. The third-order valence-corrected chi connectivity index (χ3v) is 4.68. The Morgan fingerprint density at radius 1 is 0.560 bits per heavy atom. The zero-order chi connectivity index (χ0) is 17.5. The van der Waals surface area contributed by atoms with Crippen LogP contribution in [0.15, 0.2) is 60.7 Å². The number of rotatable bonds is 9. The molecule has 2 rings (SSSR count). The molecule has 138 valence electrons. The molecule has 25 heavy (non-hydrogen) atoms. The molecule has 0 unspecified atom stereocenters. The van der Waals surface area contributed by atoms with E-state index in [-0.39, 0.29) is 17.0 Å². The molecule has 2 nitrogen and oxygen atoms in total. The minimum Gasteiger partial charge on any atom is -1.00 e. The van der Waals surface area contributed by atoms with Crippen LogP contribution in [0.25, 0.3) is 0 Å². The van der Waals surface area contributed by atoms with Crippen LogP contribution in [0.5, 0.6) is 0 Å². The summed E-state index contributed by atoms with van der Waals surface area (Å²) in [6.07, 6.45) is 2.58. The van der Waals surface area contributed by atoms with E-state index in [1.54, 1.807) is 0 Å². The second kappa shape index (κ2) is 10.1. The van der Waals surface area contributed by atoms with E-state index in [2.05, 4.69) is 88.9 Å². The predicted molar refractivity (Wildman–Crippen MR) is 103 cm³/mol. The molecule has 0 N–H and O–H groups in total. The van der Waals surface area contributed by atoms with Gasteiger partial charge >= 0.3 is 0 Å². The smallest absolute Gasteiger partial charge is 0.104 e. The average molecular weight is 406 g/mol. The number of quaternary nitrogens is 2. The summed E-state index contributed by atoms with van der Waals surface area (Å²) in [5.74, 6) is 0. The minimum absolute atomic E-state index is 0. The van der Waals surface area contributed by atoms with Gasteiger partial charge in [0.25, 0.3) is 0 Å². The van der Waals surface area contributed by atoms with Crippen molar-refractivity contribution in [1.29, 1.82) is 0 Å². The first-order valence-corrected chi connectivity index (χ1v) is 9.08. The Kier molecular flexibility index (Phi) is 8.84. The van der Waals surface area contributed by atoms with Gasteiger partial charge in [-0.1, -0.05) is 60.7 Å². The molecule has 0 fully saturated rings. The summed E-state index contributed by atoms with van der Waals surface area (Å²) >= 11 is 0. The molecular weight excluding hydrogens is 372 g/mol. The summed E-state index contributed by atoms with van der Waals surface area (Å²) in [6, 6.07) is 21.7. The molecule has 2 aromatic carbocycles. The molecule has 0 radical (unpaired) electrons. The summed E-state index contributed by atoms with van der Waals surface area (Å²) in [5.41, 5.74) is 2.87. The van der Waals surface area contributed by atoms with Crippen LogP contribution in [-0.2, 0) is 13.1 Å². The zero-order valence-electron chi connectivity index (χ0n) is 16.3. The largest absolute Gasteiger partial charge is 1.00 e. The lowest BCUT2D eigenvalue weighted by molar-refractivity contribution is -0.910. The number of hydrogen-bond donors (Lipinski definition) is 0. The topological polar surface area (TPSA) is 0 Å². The third kappa shape index (κ3) is 8.66. The van der Waals surface area contributed by atoms with E-state index < -0.39 is 0 Å². The van der Waals surface area contributed by atoms with Crippen molar-refractivity contribution in [3.8, 4) is 0 Å². The van der Waals surface area contributed by atoms with Gasteiger partial charge < -0.3 is 25.9 Å². The van der Waals surface area contributed by atoms with Crippen LogP contribution in [-0.4, -0.2) is 50.2 Å². The first-order chi connectivity index (χ1) is 11.4. The van der Waals surface area contributed by atoms with Crippen LogP contribution in [0, 0.1) is 0 Å². The fourth-order valence-corrected chi connectivity index (χ4v) is 3.39. The van der Waals surface area contributed by atoms with Crippen LogP contribution in [0.2, 0.25) is 0 Å². The van der Waals surface area contributed by atoms with Crippen LogP contribution < -0.4 is 17.0 Å². The fraction of sp³-hybridized carbons (Fsp3) is 0.455. The number of unbranched alkanes of at least 4 members (excludes halogenated alkanes) is 1. The monoisotopic (exact) mass is 405 g/mol. The van der Waals surface area contributed by atoms with Gasteiger partial charge in [-0.25, -0.2) is 0 Å². The quantitative estimate of drug-likeness (QED) is 0.436. The van der Waals surface area contributed by atoms with Gasteiger partial charge in [0.1, 0.15) is 13.1 Å². The summed E-state index contributed by atoms with van der Waals surface area (Å²) in [7, 11) is 9.38. The maximum Gasteiger partial charge on any atom is 0.104 e. The zero-order valence-corrected chi connectivity index (χ0v) is 17.9. The second-order valence-corrected chi connectivity index (χ2v) is 8.31. The lowest BCUT2D eigenvalue weighted by Gasteiger charge is -2.32. The molecule has 3 heteroatoms. The Labute approximate surface area is 165 Å². The maximum atomic E-state index is 2.34. The minimum atomic E-state index is 0. The Morgan fingerprint density at radius 2 is 0.880 bits per heavy atom. The normalized spacial score (nSPS) is 11.8. The summed E-state index contributed by atoms with van der Waals surface area (Å²) < 4.78 is 2.13. The highest BCUT2D eigenvalue weighted by atomic mass is 79.9. The molecule has 0 atom stereocenters. The molecule has 0 amide bonds. The van der Waals surface area contributed by atoms with E-state index in [0.29, 0.717) is 0 Å². The van der Waals surface area contributed by atoms with E-state index in [0.717, 1.165) is 22.1 Å². The molecule has 0 aliphatic heterocycles. The number of halogens is 1. The highest BCUT2D eigenvalue weighted by molar-refractivity contribution is 5.14. The summed E-state index contributed by atoms with van der Waals surface area (Å²) in [5, 5.41) is 0. The van der Waals surface area contributed by atoms with Gasteiger partial charge in [-0.2, -0.15) is 0 Å². The molecule has 0 aliphatic carbocycles. The first-order valence-electron chi connectivity index (χ1n) is 9.08. The Balaban J connectivity index is 0.00000312. The summed E-state index contributed by atoms with van der Waals surface area (Å²) in [6.45, 7) is 4.70. The molecule has 2 aromatic rings. The van der Waals surface area contributed by atoms with Crippen molar-refractivity contribution in [3.63, 3.8) is 0 Å². The Morgan fingerprint density at radius 3 is 1.20 bits per heavy atom. The van der Waals surface area contributed by atoms with Crippen molar-refractivity contribution in [2.45, 2.75) is 25.9 Å². The summed E-state index contributed by atoms with van der Waals surface area (Å²) in [4.78, 5) is 0. The number of nitrogens with zero attached hydrogens (tertiary/aromatic N) is 2. The SMILES string of the molecule is C[N+](C)(CCCC[N+](C)(C)Cc1ccccc1)Cc1ccccc1.[Br-]. The molecule has 0 saturated carbocycles. The molecule has 0 bridgehead atoms. The van der Waals surface area contributed by atoms with Crippen molar-refractivity contribution >= 4 is 0 Å². The molecule has 0 aromatic heterocycles. The maximum absolute atomic E-state index is 2.34. The van der Waals surface area contributed by atoms with Gasteiger partial charge in [-0.3, -0.25) is 0 Å². The molecule has 0 saturated heterocycles. The molecule has 0 aliphatic rings. The Hall–Kier alpha value is -1.16. The van der Waals surface area contributed by atoms with E-state index in [1.165, 1.54) is 37.1 Å². The second-order valence-electron chi connectivity index (χ2n) is 8.31. The van der Waals surface area contributed by atoms with Gasteiger partial charge in [0, 0.05) is 24.0 Å². The van der Waals surface area contributed by atoms with E-state index in [9.17, 15) is 0 Å². The molecule has 0 spiro atoms. The fourth-order valence-electron chi connectivity index (χ4n) is 3.39. The van der Waals surface area contributed by atoms with Crippen LogP contribution in [0.1, 0.15) is 24.0 Å². The highest BCUT2D eigenvalue weighted by Gasteiger charge is 2.18. The van der Waals surface area contributed by atoms with E-state index in [1.807, 2.05) is 0 Å². The molecular formula is C22H34BrN2+. The Bertz CT molecular complexity index is 538. The third-order valence-electron chi connectivity index (χ3n) is 4.68. The van der Waals surface area contributed by atoms with Crippen molar-refractivity contribution in [1.82, 2.24) is 0 Å². The van der Waals surface area contributed by atoms with Gasteiger partial charge in [0.15, 0.2) is 0 Å². The predicted octanol–water partition coefficient (Wildman–Crippen LogP) is 1.32. The van der Waals surface area contributed by atoms with Crippen molar-refractivity contribution in [3.05, 3.63) is 71.8 Å². The average Bonchev–Trinajstić information content (AvgIpc) is 2.53. The van der Waals surface area contributed by atoms with Gasteiger partial charge in [-0.15, -0.1) is 0 Å². The lowest BCUT2D eigenvalue weighted by Crippen LogP contribution is -3.00. The van der Waals surface area contributed by atoms with E-state index >= 15 is 0 Å². The van der Waals surface area contributed by atoms with Crippen LogP contribution >= 0.6 is 0 Å². The van der Waals surface area contributed by atoms with Gasteiger partial charge in [0.2, 0.25) is 0 Å². The van der Waals surface area contributed by atoms with Crippen LogP contribution in [0.3, 0.4) is 0 Å². The number of hydrogen-bond acceptors (Lipinski definition) is 0. The van der Waals surface area contributed by atoms with E-state index in [4.69, 9.17) is 0 Å². The lowest BCUT2D eigenvalue weighted by atomic mass is 10.1. The van der Waals surface area contributed by atoms with Crippen molar-refractivity contribution < 1.29 is 25.9 Å². The van der Waals surface area contributed by atoms with Crippen molar-refractivity contribution in [2.24, 2.45) is 0 Å². The number of benzene rings is 2. The van der Waals surface area contributed by atoms with Crippen molar-refractivity contribution in [2.75, 3.05) is 41.3 Å². The van der Waals surface area contributed by atoms with Gasteiger partial charge in [-0.05, 0) is 0 Å². The first kappa shape index (κ1) is 21.9. The van der Waals surface area contributed by atoms with Gasteiger partial charge in [0.05, 0.1) is 41.3 Å².